The number of rotatable bonds is 1. The van der Waals surface area contributed by atoms with Crippen LogP contribution in [0.1, 0.15) is 31.3 Å². The Morgan fingerprint density at radius 3 is 2.76 bits per heavy atom. The van der Waals surface area contributed by atoms with Gasteiger partial charge in [0.25, 0.3) is 5.91 Å². The average Bonchev–Trinajstić information content (AvgIpc) is 2.51. The van der Waals surface area contributed by atoms with Crippen molar-refractivity contribution in [2.45, 2.75) is 0 Å². The molecule has 2 heterocycles. The summed E-state index contributed by atoms with van der Waals surface area (Å²) in [5, 5.41) is 2.98. The highest BCUT2D eigenvalue weighted by molar-refractivity contribution is 8.04. The molecule has 3 rings (SSSR count). The van der Waals surface area contributed by atoms with Gasteiger partial charge in [-0.3, -0.25) is 14.4 Å². The van der Waals surface area contributed by atoms with Crippen molar-refractivity contribution in [2.24, 2.45) is 0 Å². The molecular formula is C14H13N3O3S. The molecule has 1 aliphatic heterocycles. The Balaban J connectivity index is 2.10. The lowest BCUT2D eigenvalue weighted by Gasteiger charge is -2.24. The summed E-state index contributed by atoms with van der Waals surface area (Å²) in [6.45, 7) is 0.655. The summed E-state index contributed by atoms with van der Waals surface area (Å²) >= 11 is 1.35. The Hall–Kier alpha value is -2.15. The van der Waals surface area contributed by atoms with Crippen molar-refractivity contribution >= 4 is 29.2 Å². The van der Waals surface area contributed by atoms with Crippen LogP contribution in [-0.2, 0) is 0 Å². The SMILES string of the molecule is CN(C)C(=O)c1ccc2c(n1)C(=O)C1=C(NCCS1)C2=O. The minimum Gasteiger partial charge on any atom is -0.380 e. The third kappa shape index (κ3) is 2.13. The zero-order chi connectivity index (χ0) is 15.1. The lowest BCUT2D eigenvalue weighted by Crippen LogP contribution is -2.35. The van der Waals surface area contributed by atoms with Crippen molar-refractivity contribution in [1.82, 2.24) is 15.2 Å². The number of allylic oxidation sites excluding steroid dienone is 2. The Bertz CT molecular complexity index is 709. The molecule has 1 aromatic rings. The molecule has 0 spiro atoms. The van der Waals surface area contributed by atoms with E-state index >= 15 is 0 Å². The number of hydrogen-bond acceptors (Lipinski definition) is 6. The normalized spacial score (nSPS) is 17.0. The number of ketones is 2. The van der Waals surface area contributed by atoms with Gasteiger partial charge in [-0.1, -0.05) is 0 Å². The maximum atomic E-state index is 12.5. The van der Waals surface area contributed by atoms with E-state index in [4.69, 9.17) is 0 Å². The summed E-state index contributed by atoms with van der Waals surface area (Å²) in [4.78, 5) is 42.7. The largest absolute Gasteiger partial charge is 0.380 e. The average molecular weight is 303 g/mol. The summed E-state index contributed by atoms with van der Waals surface area (Å²) in [7, 11) is 3.22. The van der Waals surface area contributed by atoms with Gasteiger partial charge in [-0.2, -0.15) is 0 Å². The summed E-state index contributed by atoms with van der Waals surface area (Å²) in [5.41, 5.74) is 0.849. The minimum absolute atomic E-state index is 0.0719. The molecule has 1 amide bonds. The number of aromatic nitrogens is 1. The van der Waals surface area contributed by atoms with E-state index in [1.165, 1.54) is 28.8 Å². The number of amides is 1. The van der Waals surface area contributed by atoms with Crippen molar-refractivity contribution in [3.8, 4) is 0 Å². The van der Waals surface area contributed by atoms with Crippen LogP contribution in [0, 0.1) is 0 Å². The number of nitrogens with zero attached hydrogens (tertiary/aromatic N) is 2. The molecule has 1 N–H and O–H groups in total. The Morgan fingerprint density at radius 2 is 2.05 bits per heavy atom. The molecule has 1 aliphatic carbocycles. The van der Waals surface area contributed by atoms with Crippen molar-refractivity contribution in [1.29, 1.82) is 0 Å². The number of thioether (sulfide) groups is 1. The molecule has 6 nitrogen and oxygen atoms in total. The molecule has 0 aromatic carbocycles. The van der Waals surface area contributed by atoms with Gasteiger partial charge in [0.15, 0.2) is 0 Å². The highest BCUT2D eigenvalue weighted by Crippen LogP contribution is 2.33. The second kappa shape index (κ2) is 5.00. The van der Waals surface area contributed by atoms with Gasteiger partial charge in [-0.25, -0.2) is 4.98 Å². The lowest BCUT2D eigenvalue weighted by atomic mass is 9.96. The van der Waals surface area contributed by atoms with Gasteiger partial charge in [0, 0.05) is 26.4 Å². The van der Waals surface area contributed by atoms with E-state index in [-0.39, 0.29) is 34.4 Å². The molecule has 0 bridgehead atoms. The van der Waals surface area contributed by atoms with E-state index in [0.717, 1.165) is 5.75 Å². The first-order chi connectivity index (χ1) is 10.0. The second-order valence-corrected chi connectivity index (χ2v) is 6.04. The molecule has 0 atom stereocenters. The van der Waals surface area contributed by atoms with E-state index in [1.807, 2.05) is 0 Å². The first kappa shape index (κ1) is 13.8. The Labute approximate surface area is 125 Å². The van der Waals surface area contributed by atoms with Crippen LogP contribution in [-0.4, -0.2) is 53.8 Å². The third-order valence-electron chi connectivity index (χ3n) is 3.29. The quantitative estimate of drug-likeness (QED) is 0.823. The maximum absolute atomic E-state index is 12.5. The highest BCUT2D eigenvalue weighted by atomic mass is 32.2. The predicted octanol–water partition coefficient (Wildman–Crippen LogP) is 0.710. The molecule has 21 heavy (non-hydrogen) atoms. The van der Waals surface area contributed by atoms with Crippen LogP contribution in [0.5, 0.6) is 0 Å². The van der Waals surface area contributed by atoms with Gasteiger partial charge in [0.05, 0.1) is 10.5 Å². The van der Waals surface area contributed by atoms with E-state index in [9.17, 15) is 14.4 Å². The van der Waals surface area contributed by atoms with Crippen molar-refractivity contribution in [2.75, 3.05) is 26.4 Å². The van der Waals surface area contributed by atoms with Gasteiger partial charge in [-0.05, 0) is 12.1 Å². The third-order valence-corrected chi connectivity index (χ3v) is 4.38. The van der Waals surface area contributed by atoms with Gasteiger partial charge in [-0.15, -0.1) is 11.8 Å². The topological polar surface area (TPSA) is 79.4 Å². The van der Waals surface area contributed by atoms with Gasteiger partial charge < -0.3 is 10.2 Å². The predicted molar refractivity (Wildman–Crippen MR) is 78.4 cm³/mol. The molecule has 0 saturated heterocycles. The van der Waals surface area contributed by atoms with E-state index < -0.39 is 0 Å². The molecular weight excluding hydrogens is 290 g/mol. The van der Waals surface area contributed by atoms with Crippen LogP contribution in [0.4, 0.5) is 0 Å². The molecule has 7 heteroatoms. The van der Waals surface area contributed by atoms with E-state index in [0.29, 0.717) is 17.1 Å². The molecule has 0 radical (unpaired) electrons. The summed E-state index contributed by atoms with van der Waals surface area (Å²) in [5.74, 6) is -0.0932. The van der Waals surface area contributed by atoms with Crippen LogP contribution in [0.2, 0.25) is 0 Å². The van der Waals surface area contributed by atoms with Crippen molar-refractivity contribution < 1.29 is 14.4 Å². The highest BCUT2D eigenvalue weighted by Gasteiger charge is 2.35. The fourth-order valence-corrected chi connectivity index (χ4v) is 3.20. The number of nitrogens with one attached hydrogen (secondary N) is 1. The number of fused-ring (bicyclic) bond motifs is 1. The molecule has 0 unspecified atom stereocenters. The van der Waals surface area contributed by atoms with Crippen molar-refractivity contribution in [3.63, 3.8) is 0 Å². The standard InChI is InChI=1S/C14H13N3O3S/c1-17(2)14(20)8-4-3-7-9(16-8)12(19)13-10(11(7)18)15-5-6-21-13/h3-4,15H,5-6H2,1-2H3. The zero-order valence-corrected chi connectivity index (χ0v) is 12.4. The lowest BCUT2D eigenvalue weighted by molar-refractivity contribution is 0.0821. The van der Waals surface area contributed by atoms with Crippen LogP contribution < -0.4 is 5.32 Å². The Kier molecular flexibility index (Phi) is 3.29. The van der Waals surface area contributed by atoms with Gasteiger partial charge >= 0.3 is 0 Å². The van der Waals surface area contributed by atoms with Gasteiger partial charge in [0.2, 0.25) is 11.6 Å². The maximum Gasteiger partial charge on any atom is 0.271 e. The number of carbonyl (C=O) groups is 3. The summed E-state index contributed by atoms with van der Waals surface area (Å²) in [6, 6.07) is 2.98. The number of carbonyl (C=O) groups excluding carboxylic acids is 3. The van der Waals surface area contributed by atoms with Crippen LogP contribution in [0.25, 0.3) is 0 Å². The monoisotopic (exact) mass is 303 g/mol. The van der Waals surface area contributed by atoms with Crippen LogP contribution in [0.3, 0.4) is 0 Å². The zero-order valence-electron chi connectivity index (χ0n) is 11.6. The fourth-order valence-electron chi connectivity index (χ4n) is 2.25. The second-order valence-electron chi connectivity index (χ2n) is 4.93. The molecule has 0 fully saturated rings. The van der Waals surface area contributed by atoms with Crippen molar-refractivity contribution in [3.05, 3.63) is 39.7 Å². The molecule has 108 valence electrons. The van der Waals surface area contributed by atoms with Crippen LogP contribution in [0.15, 0.2) is 22.7 Å². The number of hydrogen-bond donors (Lipinski definition) is 1. The summed E-state index contributed by atoms with van der Waals surface area (Å²) in [6.07, 6.45) is 0. The summed E-state index contributed by atoms with van der Waals surface area (Å²) < 4.78 is 0. The number of Topliss-reactive ketones (excluding diaryl/α,β-unsaturated/α-hetero) is 2. The van der Waals surface area contributed by atoms with E-state index in [2.05, 4.69) is 10.3 Å². The first-order valence-electron chi connectivity index (χ1n) is 6.43. The minimum atomic E-state index is -0.299. The smallest absolute Gasteiger partial charge is 0.271 e. The molecule has 0 saturated carbocycles. The number of pyridine rings is 1. The Morgan fingerprint density at radius 1 is 1.29 bits per heavy atom. The van der Waals surface area contributed by atoms with E-state index in [1.54, 1.807) is 14.1 Å². The molecule has 1 aromatic heterocycles. The molecule has 2 aliphatic rings. The van der Waals surface area contributed by atoms with Gasteiger partial charge in [0.1, 0.15) is 17.1 Å². The first-order valence-corrected chi connectivity index (χ1v) is 7.42. The van der Waals surface area contributed by atoms with Crippen LogP contribution >= 0.6 is 11.8 Å². The fraction of sp³-hybridized carbons (Fsp3) is 0.286.